The Bertz CT molecular complexity index is 2700. The second-order valence-electron chi connectivity index (χ2n) is 57.8. The summed E-state index contributed by atoms with van der Waals surface area (Å²) in [5.41, 5.74) is 3.24. The molecule has 0 radical (unpaired) electrons. The maximum Gasteiger partial charge on any atom is 0.311 e. The topological polar surface area (TPSA) is 237 Å². The number of rotatable bonds is 45. The maximum absolute atomic E-state index is 11.5. The van der Waals surface area contributed by atoms with E-state index in [0.717, 1.165) is 32.8 Å². The van der Waals surface area contributed by atoms with Gasteiger partial charge in [-0.15, -0.1) is 0 Å². The Morgan fingerprint density at radius 2 is 0.608 bits per heavy atom. The Balaban J connectivity index is -0.000000150. The third kappa shape index (κ3) is 181. The molecule has 870 valence electrons. The van der Waals surface area contributed by atoms with Crippen molar-refractivity contribution < 1.29 is 76.4 Å². The van der Waals surface area contributed by atoms with E-state index in [1.165, 1.54) is 134 Å². The number of hydrogen-bond acceptors (Lipinski definition) is 19. The van der Waals surface area contributed by atoms with E-state index < -0.39 is 12.4 Å². The zero-order valence-corrected chi connectivity index (χ0v) is 109. The van der Waals surface area contributed by atoms with Gasteiger partial charge < -0.3 is 73.3 Å². The SMILES string of the molecule is CC(C)(C)CCCNC(C)(C)C.CC(C)(C)CCCOC(C)(C)C.CC(C)(C)CCCOCCCC(C)(C)C.CC(C)(C)CCCSCCCC(C)(C)C.CC(C)(C)OCC(O)COC(C)(C)C.CC(C)(C)OCCCNC(=O)C(C)(C)C.CC(C)C(=O)NCCOC(C)(C)C.CC(C)CC(=O)OC(C)C.CC(C)OC(C)C.CC(OC(=O)C(C)C)OC(=O)C(C)C.CN(CCCC(C)(C)C)CCCC(C)(C)C. The summed E-state index contributed by atoms with van der Waals surface area (Å²) in [7, 11) is 2.26. The molecule has 143 heavy (non-hydrogen) atoms. The lowest BCUT2D eigenvalue weighted by Gasteiger charge is -2.25. The fourth-order valence-electron chi connectivity index (χ4n) is 11.2. The molecule has 0 aliphatic rings. The third-order valence-corrected chi connectivity index (χ3v) is 20.0. The summed E-state index contributed by atoms with van der Waals surface area (Å²) in [5, 5.41) is 18.7. The van der Waals surface area contributed by atoms with E-state index in [0.29, 0.717) is 107 Å². The van der Waals surface area contributed by atoms with E-state index in [9.17, 15) is 29.1 Å². The van der Waals surface area contributed by atoms with Gasteiger partial charge in [-0.05, 0) is 363 Å². The van der Waals surface area contributed by atoms with Crippen molar-refractivity contribution in [3.05, 3.63) is 0 Å². The van der Waals surface area contributed by atoms with Gasteiger partial charge in [0.1, 0.15) is 6.10 Å². The third-order valence-electron chi connectivity index (χ3n) is 18.9. The molecule has 0 bridgehead atoms. The highest BCUT2D eigenvalue weighted by atomic mass is 32.2. The van der Waals surface area contributed by atoms with Crippen molar-refractivity contribution in [2.24, 2.45) is 72.4 Å². The van der Waals surface area contributed by atoms with Gasteiger partial charge in [0, 0.05) is 69.7 Å². The summed E-state index contributed by atoms with van der Waals surface area (Å²) in [4.78, 5) is 58.1. The molecule has 0 fully saturated rings. The second kappa shape index (κ2) is 83.8. The van der Waals surface area contributed by atoms with E-state index in [1.54, 1.807) is 27.7 Å². The average Bonchev–Trinajstić information content (AvgIpc) is 0.913. The first kappa shape index (κ1) is 163. The minimum atomic E-state index is -0.806. The fraction of sp³-hybridized carbons (Fsp3) is 0.959. The molecule has 0 aromatic heterocycles. The number of ether oxygens (including phenoxy) is 10. The van der Waals surface area contributed by atoms with Crippen LogP contribution >= 0.6 is 11.8 Å². The van der Waals surface area contributed by atoms with E-state index in [4.69, 9.17) is 47.4 Å². The first-order valence-electron chi connectivity index (χ1n) is 55.8. The summed E-state index contributed by atoms with van der Waals surface area (Å²) in [5.74, 6) is 2.07. The number of aliphatic hydroxyl groups excluding tert-OH is 1. The summed E-state index contributed by atoms with van der Waals surface area (Å²) < 4.78 is 53.0. The van der Waals surface area contributed by atoms with Crippen LogP contribution < -0.4 is 16.0 Å². The van der Waals surface area contributed by atoms with Crippen molar-refractivity contribution in [1.29, 1.82) is 0 Å². The molecule has 4 N–H and O–H groups in total. The van der Waals surface area contributed by atoms with Gasteiger partial charge in [-0.25, -0.2) is 0 Å². The molecule has 0 atom stereocenters. The molecular weight excluding hydrogens is 1810 g/mol. The molecule has 0 aromatic carbocycles. The van der Waals surface area contributed by atoms with E-state index in [-0.39, 0.29) is 92.5 Å². The summed E-state index contributed by atoms with van der Waals surface area (Å²) in [6, 6.07) is 0. The average molecular weight is 2070 g/mol. The molecule has 0 spiro atoms. The monoisotopic (exact) mass is 2070 g/mol. The number of thioether (sulfide) groups is 1. The van der Waals surface area contributed by atoms with Crippen molar-refractivity contribution in [1.82, 2.24) is 20.9 Å². The highest BCUT2D eigenvalue weighted by Gasteiger charge is 2.25. The Morgan fingerprint density at radius 3 is 0.874 bits per heavy atom. The highest BCUT2D eigenvalue weighted by Crippen LogP contribution is 2.29. The van der Waals surface area contributed by atoms with Crippen LogP contribution in [0.5, 0.6) is 0 Å². The Labute approximate surface area is 898 Å². The van der Waals surface area contributed by atoms with Crippen molar-refractivity contribution in [3.63, 3.8) is 0 Å². The number of aliphatic hydroxyl groups is 1. The first-order valence-corrected chi connectivity index (χ1v) is 56.9. The van der Waals surface area contributed by atoms with Crippen LogP contribution in [0.3, 0.4) is 0 Å². The standard InChI is InChI=1S/C15H33N.C14H30O.C14H30S.C12H25NO2.C11H25N.C11H24O3.C11H24O.C10H21NO2.C10H18O4.C8H16O2.C6H14O/c1-14(2,3)10-8-12-16(7)13-9-11-15(4,5)6;2*1-13(2,3)9-7-11-15-12-8-10-14(4,5)6;1-11(2,3)10(14)13-8-7-9-15-12(4,5)6;1-10(2,3)8-7-9-12-11(4,5)6;1-10(2,3)13-7-9(12)8-14-11(4,5)6;1-10(2,3)8-7-9-12-11(4,5)6;1-8(2)9(12)11-6-7-13-10(3,4)5;1-6(2)9(11)13-8(5)14-10(12)7(3)4;1-6(2)5-8(9)10-7(3)4;1-5(2)7-6(3)4/h8-13H2,1-7H3;2*7-12H2,1-6H3;7-9H2,1-6H3,(H,13,14);12H,7-9H2,1-6H3;9,12H,7-8H2,1-6H3;7-9H2,1-6H3;8H,6-7H2,1-5H3,(H,11,12);6-8H,1-5H3;6-7H,5H2,1-4H3;5-6H,1-4H3. The van der Waals surface area contributed by atoms with Crippen LogP contribution in [-0.2, 0) is 71.3 Å². The molecule has 0 aromatic rings. The number of nitrogens with zero attached hydrogens (tertiary/aromatic N) is 1. The van der Waals surface area contributed by atoms with Crippen LogP contribution in [0.2, 0.25) is 0 Å². The van der Waals surface area contributed by atoms with Gasteiger partial charge in [-0.2, -0.15) is 11.8 Å². The van der Waals surface area contributed by atoms with Gasteiger partial charge >= 0.3 is 17.9 Å². The van der Waals surface area contributed by atoms with Crippen molar-refractivity contribution in [2.75, 3.05) is 97.5 Å². The van der Waals surface area contributed by atoms with Crippen LogP contribution in [0, 0.1) is 72.4 Å². The van der Waals surface area contributed by atoms with Gasteiger partial charge in [0.05, 0.1) is 78.0 Å². The number of carbonyl (C=O) groups is 5. The predicted octanol–water partition coefficient (Wildman–Crippen LogP) is 32.9. The molecule has 0 saturated carbocycles. The number of esters is 3. The molecule has 0 saturated heterocycles. The number of carbonyl (C=O) groups excluding carboxylic acids is 5. The van der Waals surface area contributed by atoms with Crippen molar-refractivity contribution in [2.45, 2.75) is 595 Å². The van der Waals surface area contributed by atoms with Gasteiger partial charge in [0.2, 0.25) is 18.1 Å². The van der Waals surface area contributed by atoms with Crippen LogP contribution in [0.15, 0.2) is 0 Å². The van der Waals surface area contributed by atoms with E-state index in [1.807, 2.05) is 173 Å². The maximum atomic E-state index is 11.5. The van der Waals surface area contributed by atoms with Crippen LogP contribution in [0.25, 0.3) is 0 Å². The van der Waals surface area contributed by atoms with E-state index in [2.05, 4.69) is 247 Å². The van der Waals surface area contributed by atoms with Gasteiger partial charge in [-0.1, -0.05) is 242 Å². The summed E-state index contributed by atoms with van der Waals surface area (Å²) in [6.07, 6.45) is 21.5. The lowest BCUT2D eigenvalue weighted by Crippen LogP contribution is -2.36. The quantitative estimate of drug-likeness (QED) is 0.0252. The van der Waals surface area contributed by atoms with Gasteiger partial charge in [-0.3, -0.25) is 24.0 Å². The zero-order chi connectivity index (χ0) is 116. The lowest BCUT2D eigenvalue weighted by molar-refractivity contribution is -0.189. The Hall–Kier alpha value is -2.70. The second-order valence-corrected chi connectivity index (χ2v) is 59.1. The minimum Gasteiger partial charge on any atom is -0.463 e. The van der Waals surface area contributed by atoms with Crippen molar-refractivity contribution >= 4 is 41.5 Å². The molecule has 0 rings (SSSR count). The van der Waals surface area contributed by atoms with Crippen molar-refractivity contribution in [3.8, 4) is 0 Å². The van der Waals surface area contributed by atoms with Gasteiger partial charge in [0.15, 0.2) is 0 Å². The van der Waals surface area contributed by atoms with Crippen LogP contribution in [-0.4, -0.2) is 202 Å². The molecule has 0 unspecified atom stereocenters. The normalized spacial score (nSPS) is 12.6. The Kier molecular flexibility index (Phi) is 95.4. The highest BCUT2D eigenvalue weighted by molar-refractivity contribution is 7.99. The molecule has 2 amide bonds. The first-order chi connectivity index (χ1) is 63.5. The number of amides is 2. The smallest absolute Gasteiger partial charge is 0.311 e. The largest absolute Gasteiger partial charge is 0.463 e. The molecular formula is C122H260N4O16S. The molecule has 0 aliphatic carbocycles. The molecule has 0 aliphatic heterocycles. The molecule has 21 heteroatoms. The zero-order valence-electron chi connectivity index (χ0n) is 108. The summed E-state index contributed by atoms with van der Waals surface area (Å²) >= 11 is 2.13. The Morgan fingerprint density at radius 1 is 0.315 bits per heavy atom. The van der Waals surface area contributed by atoms with Crippen LogP contribution in [0.4, 0.5) is 0 Å². The van der Waals surface area contributed by atoms with Gasteiger partial charge in [0.25, 0.3) is 0 Å². The van der Waals surface area contributed by atoms with Crippen LogP contribution in [0.1, 0.15) is 531 Å². The fourth-order valence-corrected chi connectivity index (χ4v) is 12.1. The lowest BCUT2D eigenvalue weighted by atomic mass is 9.90. The number of nitrogens with one attached hydrogen (secondary N) is 3. The molecule has 20 nitrogen and oxygen atoms in total. The number of hydrogen-bond donors (Lipinski definition) is 4. The molecule has 0 heterocycles. The summed E-state index contributed by atoms with van der Waals surface area (Å²) in [6.45, 7) is 135. The van der Waals surface area contributed by atoms with E-state index >= 15 is 0 Å². The predicted molar refractivity (Wildman–Crippen MR) is 626 cm³/mol. The minimum absolute atomic E-state index is 0.0197.